The SMILES string of the molecule is C=Cc1ccc(-c2nc(C)c(C)[nH]2)cc1. The van der Waals surface area contributed by atoms with Crippen molar-refractivity contribution in [2.75, 3.05) is 0 Å². The van der Waals surface area contributed by atoms with Crippen LogP contribution in [0.25, 0.3) is 17.5 Å². The molecule has 1 aromatic heterocycles. The number of hydrogen-bond acceptors (Lipinski definition) is 1. The van der Waals surface area contributed by atoms with Gasteiger partial charge in [0.05, 0.1) is 5.69 Å². The van der Waals surface area contributed by atoms with Gasteiger partial charge in [0.2, 0.25) is 0 Å². The van der Waals surface area contributed by atoms with Crippen LogP contribution in [0.4, 0.5) is 0 Å². The Bertz CT molecular complexity index is 458. The van der Waals surface area contributed by atoms with Gasteiger partial charge in [0.25, 0.3) is 0 Å². The minimum Gasteiger partial charge on any atom is -0.342 e. The lowest BCUT2D eigenvalue weighted by molar-refractivity contribution is 1.22. The van der Waals surface area contributed by atoms with Crippen LogP contribution in [0, 0.1) is 13.8 Å². The zero-order valence-corrected chi connectivity index (χ0v) is 9.04. The van der Waals surface area contributed by atoms with E-state index in [4.69, 9.17) is 0 Å². The van der Waals surface area contributed by atoms with Crippen molar-refractivity contribution >= 4 is 6.08 Å². The lowest BCUT2D eigenvalue weighted by atomic mass is 10.1. The summed E-state index contributed by atoms with van der Waals surface area (Å²) in [6, 6.07) is 8.18. The molecule has 2 aromatic rings. The zero-order valence-electron chi connectivity index (χ0n) is 9.04. The summed E-state index contributed by atoms with van der Waals surface area (Å²) in [5, 5.41) is 0. The normalized spacial score (nSPS) is 10.3. The molecule has 0 bridgehead atoms. The fraction of sp³-hybridized carbons (Fsp3) is 0.154. The summed E-state index contributed by atoms with van der Waals surface area (Å²) < 4.78 is 0. The zero-order chi connectivity index (χ0) is 10.8. The van der Waals surface area contributed by atoms with Crippen molar-refractivity contribution < 1.29 is 0 Å². The van der Waals surface area contributed by atoms with Crippen LogP contribution in [0.5, 0.6) is 0 Å². The third-order valence-electron chi connectivity index (χ3n) is 2.55. The molecule has 15 heavy (non-hydrogen) atoms. The molecule has 0 aliphatic heterocycles. The highest BCUT2D eigenvalue weighted by atomic mass is 14.9. The van der Waals surface area contributed by atoms with Crippen molar-refractivity contribution in [2.24, 2.45) is 0 Å². The van der Waals surface area contributed by atoms with E-state index in [9.17, 15) is 0 Å². The molecule has 2 nitrogen and oxygen atoms in total. The first-order valence-electron chi connectivity index (χ1n) is 4.97. The fourth-order valence-corrected chi connectivity index (χ4v) is 1.46. The Morgan fingerprint density at radius 3 is 2.33 bits per heavy atom. The van der Waals surface area contributed by atoms with Gasteiger partial charge in [0.1, 0.15) is 5.82 Å². The van der Waals surface area contributed by atoms with Crippen LogP contribution >= 0.6 is 0 Å². The second kappa shape index (κ2) is 3.73. The van der Waals surface area contributed by atoms with E-state index >= 15 is 0 Å². The van der Waals surface area contributed by atoms with Crippen molar-refractivity contribution in [2.45, 2.75) is 13.8 Å². The average molecular weight is 198 g/mol. The summed E-state index contributed by atoms with van der Waals surface area (Å²) >= 11 is 0. The first-order valence-corrected chi connectivity index (χ1v) is 4.97. The second-order valence-electron chi connectivity index (χ2n) is 3.62. The Morgan fingerprint density at radius 1 is 1.20 bits per heavy atom. The van der Waals surface area contributed by atoms with E-state index in [1.54, 1.807) is 0 Å². The van der Waals surface area contributed by atoms with E-state index in [0.717, 1.165) is 28.3 Å². The van der Waals surface area contributed by atoms with Crippen molar-refractivity contribution in [3.63, 3.8) is 0 Å². The first kappa shape index (κ1) is 9.71. The van der Waals surface area contributed by atoms with Gasteiger partial charge in [-0.25, -0.2) is 4.98 Å². The van der Waals surface area contributed by atoms with Gasteiger partial charge in [-0.05, 0) is 19.4 Å². The molecule has 2 rings (SSSR count). The highest BCUT2D eigenvalue weighted by molar-refractivity contribution is 5.59. The summed E-state index contributed by atoms with van der Waals surface area (Å²) in [7, 11) is 0. The number of nitrogens with one attached hydrogen (secondary N) is 1. The molecule has 0 radical (unpaired) electrons. The highest BCUT2D eigenvalue weighted by Gasteiger charge is 2.04. The van der Waals surface area contributed by atoms with Crippen LogP contribution < -0.4 is 0 Å². The molecule has 0 aliphatic carbocycles. The smallest absolute Gasteiger partial charge is 0.137 e. The first-order chi connectivity index (χ1) is 7.20. The van der Waals surface area contributed by atoms with Crippen LogP contribution in [0.1, 0.15) is 17.0 Å². The molecule has 0 amide bonds. The number of aryl methyl sites for hydroxylation is 2. The molecule has 0 spiro atoms. The molecule has 1 aromatic carbocycles. The number of nitrogens with zero attached hydrogens (tertiary/aromatic N) is 1. The summed E-state index contributed by atoms with van der Waals surface area (Å²) in [5.74, 6) is 0.931. The molecule has 1 heterocycles. The fourth-order valence-electron chi connectivity index (χ4n) is 1.46. The van der Waals surface area contributed by atoms with E-state index in [1.807, 2.05) is 32.1 Å². The third-order valence-corrected chi connectivity index (χ3v) is 2.55. The molecule has 0 saturated heterocycles. The highest BCUT2D eigenvalue weighted by Crippen LogP contribution is 2.18. The van der Waals surface area contributed by atoms with E-state index in [1.165, 1.54) is 0 Å². The van der Waals surface area contributed by atoms with Crippen LogP contribution in [0.15, 0.2) is 30.8 Å². The maximum Gasteiger partial charge on any atom is 0.137 e. The summed E-state index contributed by atoms with van der Waals surface area (Å²) in [4.78, 5) is 7.72. The van der Waals surface area contributed by atoms with Crippen molar-refractivity contribution in [3.8, 4) is 11.4 Å². The van der Waals surface area contributed by atoms with E-state index in [0.29, 0.717) is 0 Å². The number of aromatic amines is 1. The molecule has 0 saturated carbocycles. The minimum absolute atomic E-state index is 0.931. The Hall–Kier alpha value is -1.83. The van der Waals surface area contributed by atoms with Gasteiger partial charge in [0.15, 0.2) is 0 Å². The summed E-state index contributed by atoms with van der Waals surface area (Å²) in [6.45, 7) is 7.77. The van der Waals surface area contributed by atoms with Crippen LogP contribution in [-0.2, 0) is 0 Å². The summed E-state index contributed by atoms with van der Waals surface area (Å²) in [5.41, 5.74) is 4.41. The van der Waals surface area contributed by atoms with Crippen LogP contribution in [-0.4, -0.2) is 9.97 Å². The van der Waals surface area contributed by atoms with Gasteiger partial charge < -0.3 is 4.98 Å². The summed E-state index contributed by atoms with van der Waals surface area (Å²) in [6.07, 6.45) is 1.84. The minimum atomic E-state index is 0.931. The number of H-pyrrole nitrogens is 1. The lowest BCUT2D eigenvalue weighted by Gasteiger charge is -1.97. The predicted octanol–water partition coefficient (Wildman–Crippen LogP) is 3.34. The van der Waals surface area contributed by atoms with Crippen LogP contribution in [0.2, 0.25) is 0 Å². The second-order valence-corrected chi connectivity index (χ2v) is 3.62. The van der Waals surface area contributed by atoms with Gasteiger partial charge in [-0.3, -0.25) is 0 Å². The monoisotopic (exact) mass is 198 g/mol. The van der Waals surface area contributed by atoms with E-state index < -0.39 is 0 Å². The maximum atomic E-state index is 4.45. The number of rotatable bonds is 2. The van der Waals surface area contributed by atoms with Crippen LogP contribution in [0.3, 0.4) is 0 Å². The molecule has 0 atom stereocenters. The number of benzene rings is 1. The molecule has 2 heteroatoms. The largest absolute Gasteiger partial charge is 0.342 e. The van der Waals surface area contributed by atoms with Gasteiger partial charge >= 0.3 is 0 Å². The molecule has 76 valence electrons. The Morgan fingerprint density at radius 2 is 1.87 bits per heavy atom. The Labute approximate surface area is 89.7 Å². The van der Waals surface area contributed by atoms with Gasteiger partial charge in [-0.2, -0.15) is 0 Å². The Balaban J connectivity index is 2.41. The lowest BCUT2D eigenvalue weighted by Crippen LogP contribution is -1.80. The standard InChI is InChI=1S/C13H14N2/c1-4-11-5-7-12(8-6-11)13-14-9(2)10(3)15-13/h4-8H,1H2,2-3H3,(H,14,15). The average Bonchev–Trinajstić information content (AvgIpc) is 2.59. The topological polar surface area (TPSA) is 28.7 Å². The van der Waals surface area contributed by atoms with Gasteiger partial charge in [0, 0.05) is 11.3 Å². The third kappa shape index (κ3) is 1.84. The Kier molecular flexibility index (Phi) is 2.42. The van der Waals surface area contributed by atoms with Gasteiger partial charge in [-0.15, -0.1) is 0 Å². The number of aromatic nitrogens is 2. The predicted molar refractivity (Wildman–Crippen MR) is 63.6 cm³/mol. The van der Waals surface area contributed by atoms with Crippen molar-refractivity contribution in [1.29, 1.82) is 0 Å². The maximum absolute atomic E-state index is 4.45. The van der Waals surface area contributed by atoms with Gasteiger partial charge in [-0.1, -0.05) is 36.9 Å². The molecule has 0 fully saturated rings. The molecular weight excluding hydrogens is 184 g/mol. The molecular formula is C13H14N2. The van der Waals surface area contributed by atoms with Crippen molar-refractivity contribution in [3.05, 3.63) is 47.8 Å². The quantitative estimate of drug-likeness (QED) is 0.787. The number of hydrogen-bond donors (Lipinski definition) is 1. The van der Waals surface area contributed by atoms with E-state index in [2.05, 4.69) is 28.7 Å². The number of imidazole rings is 1. The molecule has 1 N–H and O–H groups in total. The van der Waals surface area contributed by atoms with Crippen molar-refractivity contribution in [1.82, 2.24) is 9.97 Å². The van der Waals surface area contributed by atoms with E-state index in [-0.39, 0.29) is 0 Å². The molecule has 0 unspecified atom stereocenters. The molecule has 0 aliphatic rings.